The zero-order valence-corrected chi connectivity index (χ0v) is 16.0. The summed E-state index contributed by atoms with van der Waals surface area (Å²) in [5, 5.41) is 8.44. The predicted molar refractivity (Wildman–Crippen MR) is 108 cm³/mol. The maximum Gasteiger partial charge on any atom is 0.0699 e. The molecule has 3 heterocycles. The topological polar surface area (TPSA) is 46.0 Å². The van der Waals surface area contributed by atoms with Gasteiger partial charge in [0.25, 0.3) is 0 Å². The number of nitrogens with zero attached hydrogens (tertiary/aromatic N) is 4. The maximum absolute atomic E-state index is 4.91. The summed E-state index contributed by atoms with van der Waals surface area (Å²) in [6.45, 7) is 8.37. The molecule has 140 valence electrons. The summed E-state index contributed by atoms with van der Waals surface area (Å²) in [5.41, 5.74) is 4.93. The molecule has 0 bridgehead atoms. The Morgan fingerprint density at radius 1 is 1.11 bits per heavy atom. The third-order valence-corrected chi connectivity index (χ3v) is 5.21. The molecule has 1 fully saturated rings. The lowest BCUT2D eigenvalue weighted by atomic mass is 10.0. The SMILES string of the molecule is CC(C)c1nn(-c2ccccc2)cc1CN1CCNCC1c1ccncc1. The van der Waals surface area contributed by atoms with Gasteiger partial charge in [-0.15, -0.1) is 0 Å². The van der Waals surface area contributed by atoms with Crippen molar-refractivity contribution in [2.24, 2.45) is 0 Å². The molecule has 0 radical (unpaired) electrons. The van der Waals surface area contributed by atoms with Crippen molar-refractivity contribution in [2.75, 3.05) is 19.6 Å². The van der Waals surface area contributed by atoms with Crippen molar-refractivity contribution in [3.8, 4) is 5.69 Å². The molecule has 3 aromatic rings. The van der Waals surface area contributed by atoms with Crippen LogP contribution in [0.25, 0.3) is 5.69 Å². The van der Waals surface area contributed by atoms with E-state index in [0.717, 1.165) is 31.9 Å². The van der Waals surface area contributed by atoms with Crippen LogP contribution in [0.3, 0.4) is 0 Å². The zero-order valence-electron chi connectivity index (χ0n) is 16.0. The molecule has 0 saturated carbocycles. The van der Waals surface area contributed by atoms with E-state index >= 15 is 0 Å². The lowest BCUT2D eigenvalue weighted by Gasteiger charge is -2.36. The summed E-state index contributed by atoms with van der Waals surface area (Å²) in [7, 11) is 0. The lowest BCUT2D eigenvalue weighted by Crippen LogP contribution is -2.45. The molecule has 0 spiro atoms. The molecule has 1 saturated heterocycles. The monoisotopic (exact) mass is 361 g/mol. The van der Waals surface area contributed by atoms with Gasteiger partial charge >= 0.3 is 0 Å². The molecule has 1 aromatic carbocycles. The quantitative estimate of drug-likeness (QED) is 0.755. The van der Waals surface area contributed by atoms with Crippen molar-refractivity contribution in [1.29, 1.82) is 0 Å². The molecule has 1 unspecified atom stereocenters. The Kier molecular flexibility index (Phi) is 5.32. The highest BCUT2D eigenvalue weighted by molar-refractivity contribution is 5.33. The van der Waals surface area contributed by atoms with Crippen LogP contribution in [0.5, 0.6) is 0 Å². The van der Waals surface area contributed by atoms with Gasteiger partial charge in [-0.25, -0.2) is 4.68 Å². The molecule has 5 nitrogen and oxygen atoms in total. The van der Waals surface area contributed by atoms with Crippen LogP contribution in [0.4, 0.5) is 0 Å². The Morgan fingerprint density at radius 3 is 2.63 bits per heavy atom. The first-order valence-corrected chi connectivity index (χ1v) is 9.71. The van der Waals surface area contributed by atoms with Crippen molar-refractivity contribution in [3.63, 3.8) is 0 Å². The van der Waals surface area contributed by atoms with Crippen molar-refractivity contribution in [2.45, 2.75) is 32.4 Å². The average Bonchev–Trinajstić information content (AvgIpc) is 3.14. The number of hydrogen-bond donors (Lipinski definition) is 1. The number of hydrogen-bond acceptors (Lipinski definition) is 4. The standard InChI is InChI=1S/C22H27N5/c1-17(2)22-19(16-27(25-22)20-6-4-3-5-7-20)15-26-13-12-24-14-21(26)18-8-10-23-11-9-18/h3-11,16-17,21,24H,12-15H2,1-2H3. The molecular formula is C22H27N5. The second-order valence-electron chi connectivity index (χ2n) is 7.45. The summed E-state index contributed by atoms with van der Waals surface area (Å²) < 4.78 is 2.02. The predicted octanol–water partition coefficient (Wildman–Crippen LogP) is 3.54. The van der Waals surface area contributed by atoms with Gasteiger partial charge in [-0.05, 0) is 35.7 Å². The first-order chi connectivity index (χ1) is 13.2. The van der Waals surface area contributed by atoms with Crippen LogP contribution in [0.2, 0.25) is 0 Å². The van der Waals surface area contributed by atoms with Crippen LogP contribution >= 0.6 is 0 Å². The molecule has 27 heavy (non-hydrogen) atoms. The molecule has 5 heteroatoms. The van der Waals surface area contributed by atoms with E-state index in [1.165, 1.54) is 16.8 Å². The maximum atomic E-state index is 4.91. The molecule has 1 N–H and O–H groups in total. The van der Waals surface area contributed by atoms with Gasteiger partial charge in [0.1, 0.15) is 0 Å². The number of nitrogens with one attached hydrogen (secondary N) is 1. The third-order valence-electron chi connectivity index (χ3n) is 5.21. The molecule has 1 aliphatic rings. The summed E-state index contributed by atoms with van der Waals surface area (Å²) in [5.74, 6) is 0.396. The minimum Gasteiger partial charge on any atom is -0.314 e. The minimum atomic E-state index is 0.363. The number of rotatable bonds is 5. The van der Waals surface area contributed by atoms with Gasteiger partial charge in [0.15, 0.2) is 0 Å². The van der Waals surface area contributed by atoms with Gasteiger partial charge in [-0.1, -0.05) is 32.0 Å². The van der Waals surface area contributed by atoms with Crippen molar-refractivity contribution in [1.82, 2.24) is 25.0 Å². The van der Waals surface area contributed by atoms with Crippen molar-refractivity contribution >= 4 is 0 Å². The largest absolute Gasteiger partial charge is 0.314 e. The van der Waals surface area contributed by atoms with Gasteiger partial charge in [0.05, 0.1) is 11.4 Å². The highest BCUT2D eigenvalue weighted by Gasteiger charge is 2.25. The van der Waals surface area contributed by atoms with Crippen LogP contribution in [0.15, 0.2) is 61.1 Å². The van der Waals surface area contributed by atoms with E-state index in [1.54, 1.807) is 0 Å². The number of para-hydroxylation sites is 1. The second-order valence-corrected chi connectivity index (χ2v) is 7.45. The van der Waals surface area contributed by atoms with Crippen LogP contribution in [0.1, 0.15) is 42.6 Å². The van der Waals surface area contributed by atoms with E-state index in [4.69, 9.17) is 5.10 Å². The first kappa shape index (κ1) is 17.9. The smallest absolute Gasteiger partial charge is 0.0699 e. The van der Waals surface area contributed by atoms with Crippen LogP contribution in [0, 0.1) is 0 Å². The normalized spacial score (nSPS) is 18.1. The third kappa shape index (κ3) is 3.94. The van der Waals surface area contributed by atoms with Gasteiger partial charge < -0.3 is 5.32 Å². The van der Waals surface area contributed by atoms with Crippen molar-refractivity contribution < 1.29 is 0 Å². The highest BCUT2D eigenvalue weighted by atomic mass is 15.3. The van der Waals surface area contributed by atoms with Gasteiger partial charge in [-0.3, -0.25) is 9.88 Å². The van der Waals surface area contributed by atoms with Crippen molar-refractivity contribution in [3.05, 3.63) is 77.9 Å². The van der Waals surface area contributed by atoms with Gasteiger partial charge in [0.2, 0.25) is 0 Å². The molecule has 0 aliphatic carbocycles. The zero-order chi connectivity index (χ0) is 18.6. The Labute approximate surface area is 161 Å². The number of pyridine rings is 1. The summed E-state index contributed by atoms with van der Waals surface area (Å²) >= 11 is 0. The first-order valence-electron chi connectivity index (χ1n) is 9.71. The molecular weight excluding hydrogens is 334 g/mol. The number of aromatic nitrogens is 3. The van der Waals surface area contributed by atoms with E-state index in [-0.39, 0.29) is 0 Å². The van der Waals surface area contributed by atoms with Crippen LogP contribution < -0.4 is 5.32 Å². The highest BCUT2D eigenvalue weighted by Crippen LogP contribution is 2.27. The van der Waals surface area contributed by atoms with Crippen LogP contribution in [-0.4, -0.2) is 39.3 Å². The second kappa shape index (κ2) is 8.03. The van der Waals surface area contributed by atoms with E-state index in [0.29, 0.717) is 12.0 Å². The Bertz CT molecular complexity index is 857. The summed E-state index contributed by atoms with van der Waals surface area (Å²) in [4.78, 5) is 6.73. The molecule has 0 amide bonds. The molecule has 1 aliphatic heterocycles. The Hall–Kier alpha value is -2.50. The fourth-order valence-corrected chi connectivity index (χ4v) is 3.81. The molecule has 1 atom stereocenters. The minimum absolute atomic E-state index is 0.363. The van der Waals surface area contributed by atoms with Gasteiger partial charge in [0, 0.05) is 56.4 Å². The number of benzene rings is 1. The Morgan fingerprint density at radius 2 is 1.89 bits per heavy atom. The van der Waals surface area contributed by atoms with Crippen LogP contribution in [-0.2, 0) is 6.54 Å². The molecule has 4 rings (SSSR count). The lowest BCUT2D eigenvalue weighted by molar-refractivity contribution is 0.153. The summed E-state index contributed by atoms with van der Waals surface area (Å²) in [6.07, 6.45) is 5.97. The van der Waals surface area contributed by atoms with E-state index < -0.39 is 0 Å². The summed E-state index contributed by atoms with van der Waals surface area (Å²) in [6, 6.07) is 15.0. The Balaban J connectivity index is 1.63. The fraction of sp³-hybridized carbons (Fsp3) is 0.364. The fourth-order valence-electron chi connectivity index (χ4n) is 3.81. The van der Waals surface area contributed by atoms with E-state index in [2.05, 4.69) is 71.6 Å². The number of piperazine rings is 1. The van der Waals surface area contributed by atoms with E-state index in [1.807, 2.05) is 23.1 Å². The van der Waals surface area contributed by atoms with E-state index in [9.17, 15) is 0 Å². The average molecular weight is 361 g/mol. The van der Waals surface area contributed by atoms with Gasteiger partial charge in [-0.2, -0.15) is 5.10 Å². The molecule has 2 aromatic heterocycles.